The summed E-state index contributed by atoms with van der Waals surface area (Å²) in [7, 11) is 0. The Bertz CT molecular complexity index is 756. The van der Waals surface area contributed by atoms with Gasteiger partial charge in [-0.25, -0.2) is 8.78 Å². The van der Waals surface area contributed by atoms with E-state index in [1.54, 1.807) is 17.2 Å². The molecule has 0 spiro atoms. The predicted octanol–water partition coefficient (Wildman–Crippen LogP) is 0.700. The SMILES string of the molecule is O=C1N(Cc2ccc(F)c(F)c2)CCC[C@]1(O)CNCCn1cnnc1. The number of aromatic nitrogens is 3. The molecular formula is C17H21F2N5O2. The Kier molecular flexibility index (Phi) is 5.58. The van der Waals surface area contributed by atoms with Crippen LogP contribution in [-0.4, -0.2) is 55.9 Å². The van der Waals surface area contributed by atoms with Crippen molar-refractivity contribution < 1.29 is 18.7 Å². The number of hydrogen-bond donors (Lipinski definition) is 2. The Labute approximate surface area is 149 Å². The number of aliphatic hydroxyl groups is 1. The first-order valence-corrected chi connectivity index (χ1v) is 8.47. The van der Waals surface area contributed by atoms with Crippen molar-refractivity contribution in [1.82, 2.24) is 25.0 Å². The van der Waals surface area contributed by atoms with Gasteiger partial charge in [0, 0.05) is 32.7 Å². The minimum Gasteiger partial charge on any atom is -0.379 e. The lowest BCUT2D eigenvalue weighted by molar-refractivity contribution is -0.157. The van der Waals surface area contributed by atoms with Crippen molar-refractivity contribution in [1.29, 1.82) is 0 Å². The molecule has 1 atom stereocenters. The van der Waals surface area contributed by atoms with Gasteiger partial charge in [0.25, 0.3) is 5.91 Å². The molecule has 2 N–H and O–H groups in total. The molecule has 1 aromatic carbocycles. The fourth-order valence-corrected chi connectivity index (χ4v) is 3.08. The molecule has 26 heavy (non-hydrogen) atoms. The molecule has 0 aliphatic carbocycles. The molecular weight excluding hydrogens is 344 g/mol. The van der Waals surface area contributed by atoms with Crippen molar-refractivity contribution in [2.45, 2.75) is 31.5 Å². The smallest absolute Gasteiger partial charge is 0.256 e. The van der Waals surface area contributed by atoms with Crippen LogP contribution in [-0.2, 0) is 17.9 Å². The van der Waals surface area contributed by atoms with Gasteiger partial charge in [-0.05, 0) is 30.5 Å². The van der Waals surface area contributed by atoms with Gasteiger partial charge in [0.05, 0.1) is 0 Å². The second kappa shape index (κ2) is 7.88. The number of halogens is 2. The van der Waals surface area contributed by atoms with Crippen LogP contribution < -0.4 is 5.32 Å². The van der Waals surface area contributed by atoms with Crippen molar-refractivity contribution >= 4 is 5.91 Å². The molecule has 1 aliphatic heterocycles. The number of nitrogens with one attached hydrogen (secondary N) is 1. The van der Waals surface area contributed by atoms with E-state index in [1.807, 2.05) is 0 Å². The molecule has 2 aromatic rings. The van der Waals surface area contributed by atoms with Crippen LogP contribution in [0.4, 0.5) is 8.78 Å². The maximum atomic E-state index is 13.4. The van der Waals surface area contributed by atoms with Crippen LogP contribution in [0.15, 0.2) is 30.9 Å². The summed E-state index contributed by atoms with van der Waals surface area (Å²) in [6.45, 7) is 1.91. The van der Waals surface area contributed by atoms with E-state index in [2.05, 4.69) is 15.5 Å². The second-order valence-electron chi connectivity index (χ2n) is 6.49. The van der Waals surface area contributed by atoms with Crippen molar-refractivity contribution in [2.75, 3.05) is 19.6 Å². The molecule has 2 heterocycles. The van der Waals surface area contributed by atoms with Crippen LogP contribution in [0.5, 0.6) is 0 Å². The molecule has 1 saturated heterocycles. The summed E-state index contributed by atoms with van der Waals surface area (Å²) < 4.78 is 28.2. The maximum Gasteiger partial charge on any atom is 0.256 e. The first-order valence-electron chi connectivity index (χ1n) is 8.47. The van der Waals surface area contributed by atoms with E-state index in [-0.39, 0.29) is 13.1 Å². The summed E-state index contributed by atoms with van der Waals surface area (Å²) in [5.74, 6) is -2.27. The van der Waals surface area contributed by atoms with Gasteiger partial charge in [0.1, 0.15) is 12.7 Å². The standard InChI is InChI=1S/C17H21F2N5O2/c18-14-3-2-13(8-15(14)19)9-24-6-1-4-17(26,16(24)25)10-20-5-7-23-11-21-22-12-23/h2-3,8,11-12,20,26H,1,4-7,9-10H2/t17-/m0/s1. The molecule has 0 radical (unpaired) electrons. The number of nitrogens with zero attached hydrogens (tertiary/aromatic N) is 4. The Morgan fingerprint density at radius 1 is 1.23 bits per heavy atom. The molecule has 0 saturated carbocycles. The fraction of sp³-hybridized carbons (Fsp3) is 0.471. The van der Waals surface area contributed by atoms with E-state index < -0.39 is 23.1 Å². The zero-order valence-corrected chi connectivity index (χ0v) is 14.2. The average Bonchev–Trinajstić information content (AvgIpc) is 3.13. The van der Waals surface area contributed by atoms with Crippen molar-refractivity contribution in [3.05, 3.63) is 48.1 Å². The van der Waals surface area contributed by atoms with Gasteiger partial charge in [-0.3, -0.25) is 4.79 Å². The minimum absolute atomic E-state index is 0.127. The summed E-state index contributed by atoms with van der Waals surface area (Å²) in [5.41, 5.74) is -1.01. The summed E-state index contributed by atoms with van der Waals surface area (Å²) in [6, 6.07) is 3.56. The van der Waals surface area contributed by atoms with Crippen molar-refractivity contribution in [2.24, 2.45) is 0 Å². The summed E-state index contributed by atoms with van der Waals surface area (Å²) in [6.07, 6.45) is 4.18. The summed E-state index contributed by atoms with van der Waals surface area (Å²) in [5, 5.41) is 21.2. The average molecular weight is 365 g/mol. The first-order chi connectivity index (χ1) is 12.5. The van der Waals surface area contributed by atoms with Crippen LogP contribution >= 0.6 is 0 Å². The molecule has 1 aliphatic rings. The number of carbonyl (C=O) groups excluding carboxylic acids is 1. The fourth-order valence-electron chi connectivity index (χ4n) is 3.08. The molecule has 3 rings (SSSR count). The monoisotopic (exact) mass is 365 g/mol. The lowest BCUT2D eigenvalue weighted by Crippen LogP contribution is -2.57. The summed E-state index contributed by atoms with van der Waals surface area (Å²) in [4.78, 5) is 14.2. The van der Waals surface area contributed by atoms with Gasteiger partial charge < -0.3 is 19.9 Å². The quantitative estimate of drug-likeness (QED) is 0.706. The Morgan fingerprint density at radius 3 is 2.73 bits per heavy atom. The lowest BCUT2D eigenvalue weighted by Gasteiger charge is -2.38. The molecule has 1 amide bonds. The highest BCUT2D eigenvalue weighted by molar-refractivity contribution is 5.86. The van der Waals surface area contributed by atoms with Gasteiger partial charge >= 0.3 is 0 Å². The van der Waals surface area contributed by atoms with Crippen LogP contribution in [0, 0.1) is 11.6 Å². The number of amides is 1. The van der Waals surface area contributed by atoms with Gasteiger partial charge in [0.2, 0.25) is 0 Å². The highest BCUT2D eigenvalue weighted by Gasteiger charge is 2.41. The number of piperidine rings is 1. The third-order valence-electron chi connectivity index (χ3n) is 4.49. The molecule has 7 nitrogen and oxygen atoms in total. The normalized spacial score (nSPS) is 20.6. The van der Waals surface area contributed by atoms with Crippen LogP contribution in [0.3, 0.4) is 0 Å². The number of hydrogen-bond acceptors (Lipinski definition) is 5. The topological polar surface area (TPSA) is 83.3 Å². The molecule has 1 fully saturated rings. The van der Waals surface area contributed by atoms with Crippen molar-refractivity contribution in [3.8, 4) is 0 Å². The van der Waals surface area contributed by atoms with Crippen LogP contribution in [0.25, 0.3) is 0 Å². The number of benzene rings is 1. The Hall–Kier alpha value is -2.39. The van der Waals surface area contributed by atoms with E-state index in [9.17, 15) is 18.7 Å². The second-order valence-corrected chi connectivity index (χ2v) is 6.49. The van der Waals surface area contributed by atoms with Gasteiger partial charge in [-0.1, -0.05) is 6.07 Å². The van der Waals surface area contributed by atoms with E-state index >= 15 is 0 Å². The highest BCUT2D eigenvalue weighted by Crippen LogP contribution is 2.24. The molecule has 1 aromatic heterocycles. The Morgan fingerprint density at radius 2 is 2.00 bits per heavy atom. The van der Waals surface area contributed by atoms with E-state index in [4.69, 9.17) is 0 Å². The van der Waals surface area contributed by atoms with Crippen molar-refractivity contribution in [3.63, 3.8) is 0 Å². The van der Waals surface area contributed by atoms with Gasteiger partial charge in [-0.15, -0.1) is 10.2 Å². The minimum atomic E-state index is -1.50. The maximum absolute atomic E-state index is 13.4. The third-order valence-corrected chi connectivity index (χ3v) is 4.49. The van der Waals surface area contributed by atoms with E-state index in [0.717, 1.165) is 12.1 Å². The van der Waals surface area contributed by atoms with Crippen LogP contribution in [0.1, 0.15) is 18.4 Å². The highest BCUT2D eigenvalue weighted by atomic mass is 19.2. The molecule has 0 unspecified atom stereocenters. The zero-order valence-electron chi connectivity index (χ0n) is 14.2. The number of carbonyl (C=O) groups is 1. The predicted molar refractivity (Wildman–Crippen MR) is 88.9 cm³/mol. The number of rotatable bonds is 7. The molecule has 140 valence electrons. The first kappa shape index (κ1) is 18.4. The lowest BCUT2D eigenvalue weighted by atomic mass is 9.91. The summed E-state index contributed by atoms with van der Waals surface area (Å²) >= 11 is 0. The van der Waals surface area contributed by atoms with Gasteiger partial charge in [-0.2, -0.15) is 0 Å². The number of likely N-dealkylation sites (tertiary alicyclic amines) is 1. The van der Waals surface area contributed by atoms with E-state index in [1.165, 1.54) is 11.0 Å². The largest absolute Gasteiger partial charge is 0.379 e. The third kappa shape index (κ3) is 4.23. The van der Waals surface area contributed by atoms with E-state index in [0.29, 0.717) is 38.0 Å². The molecule has 0 bridgehead atoms. The Balaban J connectivity index is 1.56. The zero-order chi connectivity index (χ0) is 18.6. The molecule has 9 heteroatoms. The van der Waals surface area contributed by atoms with Gasteiger partial charge in [0.15, 0.2) is 17.2 Å². The van der Waals surface area contributed by atoms with Crippen LogP contribution in [0.2, 0.25) is 0 Å².